The number of ether oxygens (including phenoxy) is 1. The van der Waals surface area contributed by atoms with Gasteiger partial charge < -0.3 is 20.1 Å². The lowest BCUT2D eigenvalue weighted by molar-refractivity contribution is -0.154. The molecule has 37 heavy (non-hydrogen) atoms. The van der Waals surface area contributed by atoms with Gasteiger partial charge in [0.25, 0.3) is 0 Å². The van der Waals surface area contributed by atoms with Crippen LogP contribution in [0.5, 0.6) is 0 Å². The summed E-state index contributed by atoms with van der Waals surface area (Å²) in [5, 5.41) is 13.8. The number of likely N-dealkylation sites (tertiary alicyclic amines) is 1. The Labute approximate surface area is 225 Å². The van der Waals surface area contributed by atoms with Gasteiger partial charge in [0.2, 0.25) is 11.8 Å². The normalized spacial score (nSPS) is 28.8. The van der Waals surface area contributed by atoms with Crippen LogP contribution >= 0.6 is 23.4 Å². The maximum atomic E-state index is 14.2. The number of hydrogen-bond acceptors (Lipinski definition) is 6. The van der Waals surface area contributed by atoms with Crippen molar-refractivity contribution in [1.29, 1.82) is 0 Å². The van der Waals surface area contributed by atoms with Gasteiger partial charge in [0, 0.05) is 5.25 Å². The summed E-state index contributed by atoms with van der Waals surface area (Å²) in [4.78, 5) is 42.9. The summed E-state index contributed by atoms with van der Waals surface area (Å²) in [5.74, 6) is -2.28. The minimum atomic E-state index is -0.865. The van der Waals surface area contributed by atoms with Crippen LogP contribution < -0.4 is 5.32 Å². The van der Waals surface area contributed by atoms with Gasteiger partial charge in [-0.3, -0.25) is 14.4 Å². The number of para-hydroxylation sites is 1. The van der Waals surface area contributed by atoms with Crippen molar-refractivity contribution in [2.45, 2.75) is 55.2 Å². The summed E-state index contributed by atoms with van der Waals surface area (Å²) < 4.78 is 4.61. The Bertz CT molecular complexity index is 1190. The number of esters is 1. The second kappa shape index (κ2) is 10.3. The number of thioether (sulfide) groups is 1. The van der Waals surface area contributed by atoms with Gasteiger partial charge >= 0.3 is 5.97 Å². The highest BCUT2D eigenvalue weighted by Gasteiger charge is 2.74. The molecular formula is C28H31ClN2O5S. The number of anilines is 1. The van der Waals surface area contributed by atoms with Crippen LogP contribution in [-0.2, 0) is 25.5 Å². The average Bonchev–Trinajstić information content (AvgIpc) is 3.53. The summed E-state index contributed by atoms with van der Waals surface area (Å²) in [6.45, 7) is 3.53. The molecule has 0 saturated carbocycles. The lowest BCUT2D eigenvalue weighted by Crippen LogP contribution is -2.55. The number of amides is 2. The molecule has 6 atom stereocenters. The lowest BCUT2D eigenvalue weighted by atomic mass is 9.71. The number of aliphatic hydroxyl groups is 1. The zero-order valence-corrected chi connectivity index (χ0v) is 22.4. The summed E-state index contributed by atoms with van der Waals surface area (Å²) in [5.41, 5.74) is 2.26. The Morgan fingerprint density at radius 2 is 2.00 bits per heavy atom. The maximum absolute atomic E-state index is 14.2. The molecule has 0 radical (unpaired) electrons. The molecule has 2 amide bonds. The predicted octanol–water partition coefficient (Wildman–Crippen LogP) is 3.84. The molecule has 196 valence electrons. The Morgan fingerprint density at radius 3 is 2.68 bits per heavy atom. The van der Waals surface area contributed by atoms with Crippen LogP contribution in [0.3, 0.4) is 0 Å². The molecule has 3 aliphatic rings. The molecule has 5 rings (SSSR count). The van der Waals surface area contributed by atoms with Crippen molar-refractivity contribution in [1.82, 2.24) is 4.90 Å². The first-order valence-electron chi connectivity index (χ1n) is 12.7. The largest absolute Gasteiger partial charge is 0.466 e. The molecule has 3 fully saturated rings. The van der Waals surface area contributed by atoms with E-state index in [2.05, 4.69) is 5.32 Å². The monoisotopic (exact) mass is 542 g/mol. The second-order valence-corrected chi connectivity index (χ2v) is 12.0. The smallest absolute Gasteiger partial charge is 0.310 e. The molecule has 1 spiro atoms. The third-order valence-corrected chi connectivity index (χ3v) is 10.2. The second-order valence-electron chi connectivity index (χ2n) is 10.0. The third kappa shape index (κ3) is 4.33. The van der Waals surface area contributed by atoms with E-state index in [1.807, 2.05) is 49.4 Å². The van der Waals surface area contributed by atoms with Gasteiger partial charge in [0.15, 0.2) is 0 Å². The Kier molecular flexibility index (Phi) is 7.27. The number of hydrogen-bond donors (Lipinski definition) is 2. The first-order chi connectivity index (χ1) is 17.8. The quantitative estimate of drug-likeness (QED) is 0.492. The molecule has 7 nitrogen and oxygen atoms in total. The van der Waals surface area contributed by atoms with E-state index in [1.165, 1.54) is 0 Å². The van der Waals surface area contributed by atoms with Gasteiger partial charge in [0.05, 0.1) is 46.5 Å². The maximum Gasteiger partial charge on any atom is 0.310 e. The lowest BCUT2D eigenvalue weighted by Gasteiger charge is -2.37. The number of rotatable bonds is 8. The van der Waals surface area contributed by atoms with Crippen molar-refractivity contribution in [3.63, 3.8) is 0 Å². The Hall–Kier alpha value is -2.55. The Balaban J connectivity index is 1.56. The van der Waals surface area contributed by atoms with Crippen LogP contribution in [0.15, 0.2) is 48.5 Å². The van der Waals surface area contributed by atoms with E-state index in [9.17, 15) is 19.5 Å². The van der Waals surface area contributed by atoms with Crippen molar-refractivity contribution in [3.8, 4) is 0 Å². The fourth-order valence-electron chi connectivity index (χ4n) is 6.41. The predicted molar refractivity (Wildman–Crippen MR) is 143 cm³/mol. The first kappa shape index (κ1) is 26.1. The summed E-state index contributed by atoms with van der Waals surface area (Å²) in [7, 11) is 0. The van der Waals surface area contributed by atoms with Crippen molar-refractivity contribution < 1.29 is 24.2 Å². The fraction of sp³-hybridized carbons (Fsp3) is 0.464. The van der Waals surface area contributed by atoms with Gasteiger partial charge in [-0.25, -0.2) is 0 Å². The van der Waals surface area contributed by atoms with E-state index in [4.69, 9.17) is 16.3 Å². The first-order valence-corrected chi connectivity index (χ1v) is 14.0. The highest BCUT2D eigenvalue weighted by Crippen LogP contribution is 2.66. The standard InChI is InChI=1S/C28H31ClN2O5S/c1-3-36-27(35)21-20-12-13-28(37-20)22(21)26(34)31(18(15-32)14-17-9-5-4-6-10-17)24(28)25(33)30-23-16(2)8-7-11-19(23)29/h4-11,18,20-22,24,32H,3,12-15H2,1-2H3,(H,30,33)/t18-,20+,21-,22+,24?,28?/m1/s1. The van der Waals surface area contributed by atoms with E-state index in [0.717, 1.165) is 17.5 Å². The molecule has 2 aromatic rings. The molecule has 9 heteroatoms. The minimum absolute atomic E-state index is 0.0748. The molecule has 2 N–H and O–H groups in total. The zero-order valence-electron chi connectivity index (χ0n) is 20.9. The molecule has 2 aromatic carbocycles. The zero-order chi connectivity index (χ0) is 26.3. The molecule has 0 aromatic heterocycles. The fourth-order valence-corrected chi connectivity index (χ4v) is 8.87. The van der Waals surface area contributed by atoms with Crippen LogP contribution in [0, 0.1) is 18.8 Å². The molecular weight excluding hydrogens is 512 g/mol. The van der Waals surface area contributed by atoms with Crippen molar-refractivity contribution in [2.75, 3.05) is 18.5 Å². The number of nitrogens with zero attached hydrogens (tertiary/aromatic N) is 1. The van der Waals surface area contributed by atoms with Crippen LogP contribution in [0.25, 0.3) is 0 Å². The molecule has 3 aliphatic heterocycles. The van der Waals surface area contributed by atoms with Crippen LogP contribution in [0.2, 0.25) is 5.02 Å². The number of carbonyl (C=O) groups excluding carboxylic acids is 3. The number of aliphatic hydroxyl groups excluding tert-OH is 1. The number of halogens is 1. The molecule has 3 saturated heterocycles. The third-order valence-electron chi connectivity index (χ3n) is 7.93. The van der Waals surface area contributed by atoms with E-state index < -0.39 is 28.7 Å². The topological polar surface area (TPSA) is 95.9 Å². The van der Waals surface area contributed by atoms with Gasteiger partial charge in [0.1, 0.15) is 6.04 Å². The number of carbonyl (C=O) groups is 3. The van der Waals surface area contributed by atoms with E-state index in [0.29, 0.717) is 23.6 Å². The Morgan fingerprint density at radius 1 is 1.24 bits per heavy atom. The highest BCUT2D eigenvalue weighted by atomic mass is 35.5. The van der Waals surface area contributed by atoms with E-state index >= 15 is 0 Å². The summed E-state index contributed by atoms with van der Waals surface area (Å²) in [6, 6.07) is 13.5. The van der Waals surface area contributed by atoms with Crippen molar-refractivity contribution in [2.24, 2.45) is 11.8 Å². The minimum Gasteiger partial charge on any atom is -0.466 e. The summed E-state index contributed by atoms with van der Waals surface area (Å²) in [6.07, 6.45) is 1.75. The van der Waals surface area contributed by atoms with Gasteiger partial charge in [-0.15, -0.1) is 11.8 Å². The highest BCUT2D eigenvalue weighted by molar-refractivity contribution is 8.02. The van der Waals surface area contributed by atoms with Crippen molar-refractivity contribution in [3.05, 3.63) is 64.7 Å². The molecule has 0 aliphatic carbocycles. The van der Waals surface area contributed by atoms with Gasteiger partial charge in [-0.1, -0.05) is 54.1 Å². The van der Waals surface area contributed by atoms with E-state index in [-0.39, 0.29) is 36.2 Å². The number of fused-ring (bicyclic) bond motifs is 1. The number of nitrogens with one attached hydrogen (secondary N) is 1. The van der Waals surface area contributed by atoms with Crippen LogP contribution in [0.4, 0.5) is 5.69 Å². The molecule has 2 bridgehead atoms. The van der Waals surface area contributed by atoms with Crippen LogP contribution in [0.1, 0.15) is 30.9 Å². The SMILES string of the molecule is CCOC(=O)[C@@H]1[C@@H]2CCC3(S2)C(C(=O)Nc2c(C)cccc2Cl)N([C@@H](CO)Cc2ccccc2)C(=O)[C@H]13. The number of benzene rings is 2. The summed E-state index contributed by atoms with van der Waals surface area (Å²) >= 11 is 8.00. The average molecular weight is 543 g/mol. The van der Waals surface area contributed by atoms with Gasteiger partial charge in [-0.2, -0.15) is 0 Å². The number of aryl methyl sites for hydroxylation is 1. The van der Waals surface area contributed by atoms with Crippen molar-refractivity contribution >= 4 is 46.8 Å². The van der Waals surface area contributed by atoms with E-state index in [1.54, 1.807) is 29.7 Å². The molecule has 3 heterocycles. The van der Waals surface area contributed by atoms with Gasteiger partial charge in [-0.05, 0) is 50.3 Å². The molecule has 2 unspecified atom stereocenters. The van der Waals surface area contributed by atoms with Crippen LogP contribution in [-0.4, -0.2) is 63.1 Å².